The summed E-state index contributed by atoms with van der Waals surface area (Å²) in [5, 5.41) is 0.517. The second-order valence-corrected chi connectivity index (χ2v) is 7.26. The van der Waals surface area contributed by atoms with Crippen molar-refractivity contribution in [2.45, 2.75) is 31.4 Å². The molecule has 0 atom stereocenters. The second-order valence-electron chi connectivity index (χ2n) is 4.29. The summed E-state index contributed by atoms with van der Waals surface area (Å²) in [5.74, 6) is 0.898. The molecule has 1 rings (SSSR count). The van der Waals surface area contributed by atoms with Gasteiger partial charge in [0.25, 0.3) is 0 Å². The van der Waals surface area contributed by atoms with E-state index in [-0.39, 0.29) is 11.5 Å². The summed E-state index contributed by atoms with van der Waals surface area (Å²) in [6, 6.07) is 7.07. The Morgan fingerprint density at radius 2 is 1.67 bits per heavy atom. The molecule has 0 saturated heterocycles. The fourth-order valence-electron chi connectivity index (χ4n) is 1.69. The lowest BCUT2D eigenvalue weighted by atomic mass is 10.2. The van der Waals surface area contributed by atoms with E-state index >= 15 is 0 Å². The maximum Gasteiger partial charge on any atom is 0.154 e. The van der Waals surface area contributed by atoms with E-state index < -0.39 is 9.84 Å². The average Bonchev–Trinajstić information content (AvgIpc) is 2.31. The number of unbranched alkanes of at least 4 members (excludes halogenated alkanes) is 3. The maximum atomic E-state index is 11.9. The number of alkyl halides is 1. The van der Waals surface area contributed by atoms with Crippen LogP contribution in [0.4, 0.5) is 0 Å². The average molecular weight is 309 g/mol. The molecule has 102 valence electrons. The molecule has 0 saturated carbocycles. The topological polar surface area (TPSA) is 34.1 Å². The molecule has 0 radical (unpaired) electrons. The highest BCUT2D eigenvalue weighted by Crippen LogP contribution is 2.18. The first-order chi connectivity index (χ1) is 8.55. The van der Waals surface area contributed by atoms with Gasteiger partial charge < -0.3 is 0 Å². The third-order valence-corrected chi connectivity index (χ3v) is 4.97. The van der Waals surface area contributed by atoms with Crippen LogP contribution in [0.15, 0.2) is 24.3 Å². The molecule has 0 amide bonds. The molecule has 0 unspecified atom stereocenters. The van der Waals surface area contributed by atoms with Gasteiger partial charge in [-0.3, -0.25) is 0 Å². The molecule has 18 heavy (non-hydrogen) atoms. The first-order valence-corrected chi connectivity index (χ1v) is 8.78. The van der Waals surface area contributed by atoms with E-state index in [1.807, 2.05) is 0 Å². The lowest BCUT2D eigenvalue weighted by Gasteiger charge is -2.06. The first kappa shape index (κ1) is 15.8. The van der Waals surface area contributed by atoms with E-state index in [9.17, 15) is 8.42 Å². The van der Waals surface area contributed by atoms with Crippen molar-refractivity contribution in [2.75, 3.05) is 11.6 Å². The standard InChI is InChI=1S/C13H18Cl2O2S/c14-9-5-1-2-6-10-18(16,17)11-12-7-3-4-8-13(12)15/h3-4,7-8H,1-2,5-6,9-11H2. The molecule has 0 N–H and O–H groups in total. The van der Waals surface area contributed by atoms with Gasteiger partial charge in [0, 0.05) is 10.9 Å². The van der Waals surface area contributed by atoms with Gasteiger partial charge in [-0.2, -0.15) is 0 Å². The zero-order valence-electron chi connectivity index (χ0n) is 10.2. The van der Waals surface area contributed by atoms with Gasteiger partial charge in [0.15, 0.2) is 9.84 Å². The molecule has 0 aliphatic heterocycles. The molecule has 5 heteroatoms. The maximum absolute atomic E-state index is 11.9. The van der Waals surface area contributed by atoms with Gasteiger partial charge in [0.2, 0.25) is 0 Å². The van der Waals surface area contributed by atoms with E-state index in [4.69, 9.17) is 23.2 Å². The van der Waals surface area contributed by atoms with Gasteiger partial charge in [0.1, 0.15) is 0 Å². The van der Waals surface area contributed by atoms with Gasteiger partial charge in [0.05, 0.1) is 11.5 Å². The Morgan fingerprint density at radius 3 is 2.33 bits per heavy atom. The molecule has 0 heterocycles. The number of benzene rings is 1. The van der Waals surface area contributed by atoms with Crippen LogP contribution in [0.5, 0.6) is 0 Å². The molecular weight excluding hydrogens is 291 g/mol. The van der Waals surface area contributed by atoms with E-state index in [0.717, 1.165) is 19.3 Å². The lowest BCUT2D eigenvalue weighted by Crippen LogP contribution is -2.09. The smallest absolute Gasteiger partial charge is 0.154 e. The van der Waals surface area contributed by atoms with Crippen molar-refractivity contribution < 1.29 is 8.42 Å². The highest BCUT2D eigenvalue weighted by atomic mass is 35.5. The highest BCUT2D eigenvalue weighted by Gasteiger charge is 2.13. The Balaban J connectivity index is 2.43. The van der Waals surface area contributed by atoms with Crippen LogP contribution in [0.1, 0.15) is 31.2 Å². The summed E-state index contributed by atoms with van der Waals surface area (Å²) < 4.78 is 23.8. The molecule has 0 bridgehead atoms. The van der Waals surface area contributed by atoms with E-state index in [1.165, 1.54) is 0 Å². The van der Waals surface area contributed by atoms with Crippen molar-refractivity contribution in [1.29, 1.82) is 0 Å². The largest absolute Gasteiger partial charge is 0.228 e. The predicted molar refractivity (Wildman–Crippen MR) is 78.1 cm³/mol. The Kier molecular flexibility index (Phi) is 7.05. The summed E-state index contributed by atoms with van der Waals surface area (Å²) in [5.41, 5.74) is 0.680. The van der Waals surface area contributed by atoms with Crippen LogP contribution in [-0.2, 0) is 15.6 Å². The first-order valence-electron chi connectivity index (χ1n) is 6.05. The minimum atomic E-state index is -3.06. The van der Waals surface area contributed by atoms with E-state index in [1.54, 1.807) is 24.3 Å². The van der Waals surface area contributed by atoms with Crippen LogP contribution >= 0.6 is 23.2 Å². The third-order valence-electron chi connectivity index (χ3n) is 2.67. The minimum Gasteiger partial charge on any atom is -0.228 e. The molecule has 0 spiro atoms. The third kappa shape index (κ3) is 6.07. The van der Waals surface area contributed by atoms with Crippen molar-refractivity contribution in [2.24, 2.45) is 0 Å². The minimum absolute atomic E-state index is 0.0299. The SMILES string of the molecule is O=S(=O)(CCCCCCCl)Cc1ccccc1Cl. The zero-order valence-corrected chi connectivity index (χ0v) is 12.6. The number of rotatable bonds is 8. The fourth-order valence-corrected chi connectivity index (χ4v) is 3.68. The molecule has 0 fully saturated rings. The number of halogens is 2. The van der Waals surface area contributed by atoms with Crippen molar-refractivity contribution in [3.05, 3.63) is 34.9 Å². The Hall–Kier alpha value is -0.250. The lowest BCUT2D eigenvalue weighted by molar-refractivity contribution is 0.588. The Labute approximate surface area is 119 Å². The highest BCUT2D eigenvalue weighted by molar-refractivity contribution is 7.90. The normalized spacial score (nSPS) is 11.7. The summed E-state index contributed by atoms with van der Waals surface area (Å²) in [6.07, 6.45) is 3.55. The molecular formula is C13H18Cl2O2S. The molecule has 1 aromatic rings. The quantitative estimate of drug-likeness (QED) is 0.536. The van der Waals surface area contributed by atoms with Crippen molar-refractivity contribution in [3.63, 3.8) is 0 Å². The van der Waals surface area contributed by atoms with Crippen molar-refractivity contribution in [1.82, 2.24) is 0 Å². The predicted octanol–water partition coefficient (Wildman–Crippen LogP) is 4.05. The molecule has 2 nitrogen and oxygen atoms in total. The Bertz CT molecular complexity index is 458. The number of sulfone groups is 1. The summed E-state index contributed by atoms with van der Waals surface area (Å²) in [6.45, 7) is 0. The van der Waals surface area contributed by atoms with Crippen LogP contribution < -0.4 is 0 Å². The summed E-state index contributed by atoms with van der Waals surface area (Å²) >= 11 is 11.5. The molecule has 0 aliphatic rings. The number of hydrogen-bond donors (Lipinski definition) is 0. The summed E-state index contributed by atoms with van der Waals surface area (Å²) in [4.78, 5) is 0. The molecule has 0 aromatic heterocycles. The van der Waals surface area contributed by atoms with Gasteiger partial charge in [-0.15, -0.1) is 11.6 Å². The van der Waals surface area contributed by atoms with Crippen molar-refractivity contribution in [3.8, 4) is 0 Å². The van der Waals surface area contributed by atoms with Crippen LogP contribution in [-0.4, -0.2) is 20.1 Å². The van der Waals surface area contributed by atoms with Gasteiger partial charge in [-0.05, 0) is 24.5 Å². The summed E-state index contributed by atoms with van der Waals surface area (Å²) in [7, 11) is -3.06. The second kappa shape index (κ2) is 8.03. The number of hydrogen-bond acceptors (Lipinski definition) is 2. The van der Waals surface area contributed by atoms with Gasteiger partial charge in [-0.25, -0.2) is 8.42 Å². The van der Waals surface area contributed by atoms with Crippen LogP contribution in [0, 0.1) is 0 Å². The Morgan fingerprint density at radius 1 is 1.00 bits per heavy atom. The van der Waals surface area contributed by atoms with Crippen LogP contribution in [0.3, 0.4) is 0 Å². The van der Waals surface area contributed by atoms with Crippen LogP contribution in [0.2, 0.25) is 5.02 Å². The van der Waals surface area contributed by atoms with E-state index in [0.29, 0.717) is 22.9 Å². The monoisotopic (exact) mass is 308 g/mol. The molecule has 1 aromatic carbocycles. The fraction of sp³-hybridized carbons (Fsp3) is 0.538. The zero-order chi connectivity index (χ0) is 13.4. The van der Waals surface area contributed by atoms with Gasteiger partial charge in [-0.1, -0.05) is 42.6 Å². The van der Waals surface area contributed by atoms with Crippen molar-refractivity contribution >= 4 is 33.0 Å². The van der Waals surface area contributed by atoms with Crippen LogP contribution in [0.25, 0.3) is 0 Å². The molecule has 0 aliphatic carbocycles. The van der Waals surface area contributed by atoms with Gasteiger partial charge >= 0.3 is 0 Å². The van der Waals surface area contributed by atoms with E-state index in [2.05, 4.69) is 0 Å².